The maximum Gasteiger partial charge on any atom is 0.234 e. The van der Waals surface area contributed by atoms with Crippen LogP contribution in [0.3, 0.4) is 0 Å². The molecule has 1 aromatic rings. The summed E-state index contributed by atoms with van der Waals surface area (Å²) in [6.07, 6.45) is 1.16. The first-order valence-corrected chi connectivity index (χ1v) is 6.99. The molecule has 0 saturated carbocycles. The molecule has 1 amide bonds. The van der Waals surface area contributed by atoms with E-state index < -0.39 is 5.82 Å². The first-order valence-electron chi connectivity index (χ1n) is 5.94. The highest BCUT2D eigenvalue weighted by atomic mass is 32.2. The number of nitrogens with one attached hydrogen (secondary N) is 1. The Morgan fingerprint density at radius 1 is 1.56 bits per heavy atom. The average Bonchev–Trinajstić information content (AvgIpc) is 2.75. The van der Waals surface area contributed by atoms with Crippen molar-refractivity contribution in [3.05, 3.63) is 30.1 Å². The molecule has 3 nitrogen and oxygen atoms in total. The van der Waals surface area contributed by atoms with E-state index in [0.717, 1.165) is 13.0 Å². The molecule has 2 rings (SSSR count). The number of benzene rings is 1. The van der Waals surface area contributed by atoms with Gasteiger partial charge < -0.3 is 10.1 Å². The van der Waals surface area contributed by atoms with Crippen LogP contribution in [0.2, 0.25) is 0 Å². The second kappa shape index (κ2) is 6.20. The molecule has 5 heteroatoms. The van der Waals surface area contributed by atoms with Crippen molar-refractivity contribution in [3.63, 3.8) is 0 Å². The third kappa shape index (κ3) is 3.46. The minimum Gasteiger partial charge on any atom is -0.377 e. The lowest BCUT2D eigenvalue weighted by Crippen LogP contribution is -2.20. The summed E-state index contributed by atoms with van der Waals surface area (Å²) >= 11 is 1.57. The zero-order chi connectivity index (χ0) is 13.0. The molecule has 98 valence electrons. The molecular weight excluding hydrogens is 253 g/mol. The number of ether oxygens (including phenoxy) is 1. The zero-order valence-corrected chi connectivity index (χ0v) is 11.0. The van der Waals surface area contributed by atoms with Crippen LogP contribution in [0.5, 0.6) is 0 Å². The van der Waals surface area contributed by atoms with Gasteiger partial charge in [0.15, 0.2) is 0 Å². The van der Waals surface area contributed by atoms with E-state index in [2.05, 4.69) is 5.32 Å². The summed E-state index contributed by atoms with van der Waals surface area (Å²) in [5.41, 5.74) is 0.235. The van der Waals surface area contributed by atoms with Crippen LogP contribution >= 0.6 is 11.8 Å². The summed E-state index contributed by atoms with van der Waals surface area (Å²) in [5, 5.41) is 2.93. The van der Waals surface area contributed by atoms with E-state index in [1.54, 1.807) is 30.0 Å². The molecule has 1 saturated heterocycles. The molecule has 1 heterocycles. The van der Waals surface area contributed by atoms with Gasteiger partial charge in [0, 0.05) is 11.9 Å². The van der Waals surface area contributed by atoms with E-state index in [1.165, 1.54) is 6.07 Å². The molecule has 0 aromatic heterocycles. The van der Waals surface area contributed by atoms with Crippen molar-refractivity contribution in [2.45, 2.75) is 24.7 Å². The van der Waals surface area contributed by atoms with E-state index in [0.29, 0.717) is 11.0 Å². The third-order valence-corrected chi connectivity index (χ3v) is 4.36. The number of thioether (sulfide) groups is 1. The van der Waals surface area contributed by atoms with Crippen LogP contribution in [0.15, 0.2) is 24.3 Å². The quantitative estimate of drug-likeness (QED) is 0.913. The van der Waals surface area contributed by atoms with Crippen LogP contribution < -0.4 is 5.32 Å². The number of para-hydroxylation sites is 1. The third-order valence-electron chi connectivity index (χ3n) is 2.88. The molecule has 0 bridgehead atoms. The van der Waals surface area contributed by atoms with Crippen molar-refractivity contribution in [2.75, 3.05) is 17.7 Å². The normalized spacial score (nSPS) is 23.0. The van der Waals surface area contributed by atoms with Crippen LogP contribution in [0.4, 0.5) is 10.1 Å². The predicted octanol–water partition coefficient (Wildman–Crippen LogP) is 2.67. The topological polar surface area (TPSA) is 38.3 Å². The van der Waals surface area contributed by atoms with E-state index >= 15 is 0 Å². The Hall–Kier alpha value is -1.07. The smallest absolute Gasteiger partial charge is 0.234 e. The SMILES string of the molecule is C[C@@H]1OCC[C@@H]1SCC(=O)Nc1ccccc1F. The summed E-state index contributed by atoms with van der Waals surface area (Å²) in [6.45, 7) is 2.77. The van der Waals surface area contributed by atoms with Gasteiger partial charge in [0.25, 0.3) is 0 Å². The molecule has 1 aromatic carbocycles. The summed E-state index contributed by atoms with van der Waals surface area (Å²) < 4.78 is 18.7. The first-order chi connectivity index (χ1) is 8.66. The van der Waals surface area contributed by atoms with E-state index in [-0.39, 0.29) is 17.7 Å². The fourth-order valence-electron chi connectivity index (χ4n) is 1.86. The molecule has 18 heavy (non-hydrogen) atoms. The molecule has 0 aliphatic carbocycles. The number of amides is 1. The lowest BCUT2D eigenvalue weighted by atomic mass is 10.3. The van der Waals surface area contributed by atoms with Gasteiger partial charge >= 0.3 is 0 Å². The number of rotatable bonds is 4. The van der Waals surface area contributed by atoms with Crippen molar-refractivity contribution >= 4 is 23.4 Å². The Bertz CT molecular complexity index is 427. The van der Waals surface area contributed by atoms with Crippen molar-refractivity contribution < 1.29 is 13.9 Å². The molecule has 1 fully saturated rings. The van der Waals surface area contributed by atoms with Crippen LogP contribution in [-0.4, -0.2) is 29.6 Å². The van der Waals surface area contributed by atoms with Crippen LogP contribution in [0.1, 0.15) is 13.3 Å². The molecule has 0 unspecified atom stereocenters. The van der Waals surface area contributed by atoms with Crippen molar-refractivity contribution in [2.24, 2.45) is 0 Å². The number of carbonyl (C=O) groups is 1. The van der Waals surface area contributed by atoms with Crippen LogP contribution in [0, 0.1) is 5.82 Å². The molecular formula is C13H16FNO2S. The Morgan fingerprint density at radius 3 is 3.00 bits per heavy atom. The number of hydrogen-bond donors (Lipinski definition) is 1. The van der Waals surface area contributed by atoms with Gasteiger partial charge in [-0.3, -0.25) is 4.79 Å². The van der Waals surface area contributed by atoms with Gasteiger partial charge in [-0.15, -0.1) is 11.8 Å². The lowest BCUT2D eigenvalue weighted by Gasteiger charge is -2.13. The maximum absolute atomic E-state index is 13.3. The molecule has 1 N–H and O–H groups in total. The molecule has 2 atom stereocenters. The Balaban J connectivity index is 1.80. The predicted molar refractivity (Wildman–Crippen MR) is 71.3 cm³/mol. The Morgan fingerprint density at radius 2 is 2.33 bits per heavy atom. The van der Waals surface area contributed by atoms with E-state index in [4.69, 9.17) is 4.74 Å². The van der Waals surface area contributed by atoms with Gasteiger partial charge in [0.1, 0.15) is 5.82 Å². The molecule has 1 aliphatic rings. The summed E-state index contributed by atoms with van der Waals surface area (Å²) in [4.78, 5) is 11.7. The van der Waals surface area contributed by atoms with Gasteiger partial charge in [-0.05, 0) is 25.5 Å². The van der Waals surface area contributed by atoms with Gasteiger partial charge in [0.2, 0.25) is 5.91 Å². The average molecular weight is 269 g/mol. The number of anilines is 1. The van der Waals surface area contributed by atoms with Crippen molar-refractivity contribution in [1.29, 1.82) is 0 Å². The number of halogens is 1. The van der Waals surface area contributed by atoms with Gasteiger partial charge in [-0.1, -0.05) is 12.1 Å². The molecule has 1 aliphatic heterocycles. The highest BCUT2D eigenvalue weighted by Crippen LogP contribution is 2.26. The summed E-state index contributed by atoms with van der Waals surface area (Å²) in [5.74, 6) is -0.259. The lowest BCUT2D eigenvalue weighted by molar-refractivity contribution is -0.113. The Kier molecular flexibility index (Phi) is 4.60. The minimum absolute atomic E-state index is 0.177. The number of carbonyl (C=O) groups excluding carboxylic acids is 1. The highest BCUT2D eigenvalue weighted by Gasteiger charge is 2.25. The van der Waals surface area contributed by atoms with Gasteiger partial charge in [0.05, 0.1) is 17.5 Å². The molecule has 0 radical (unpaired) electrons. The standard InChI is InChI=1S/C13H16FNO2S/c1-9-12(6-7-17-9)18-8-13(16)15-11-5-3-2-4-10(11)14/h2-5,9,12H,6-8H2,1H3,(H,15,16)/t9-,12-/m0/s1. The zero-order valence-electron chi connectivity index (χ0n) is 10.2. The van der Waals surface area contributed by atoms with Gasteiger partial charge in [-0.25, -0.2) is 4.39 Å². The van der Waals surface area contributed by atoms with Crippen molar-refractivity contribution in [3.8, 4) is 0 Å². The van der Waals surface area contributed by atoms with E-state index in [1.807, 2.05) is 6.92 Å². The second-order valence-electron chi connectivity index (χ2n) is 4.24. The fourth-order valence-corrected chi connectivity index (χ4v) is 2.91. The highest BCUT2D eigenvalue weighted by molar-refractivity contribution is 8.00. The largest absolute Gasteiger partial charge is 0.377 e. The molecule has 0 spiro atoms. The van der Waals surface area contributed by atoms with Crippen LogP contribution in [0.25, 0.3) is 0 Å². The summed E-state index contributed by atoms with van der Waals surface area (Å²) in [6, 6.07) is 6.17. The second-order valence-corrected chi connectivity index (χ2v) is 5.47. The summed E-state index contributed by atoms with van der Waals surface area (Å²) in [7, 11) is 0. The monoisotopic (exact) mass is 269 g/mol. The first kappa shape index (κ1) is 13.4. The van der Waals surface area contributed by atoms with Crippen LogP contribution in [-0.2, 0) is 9.53 Å². The fraction of sp³-hybridized carbons (Fsp3) is 0.462. The maximum atomic E-state index is 13.3. The van der Waals surface area contributed by atoms with Gasteiger partial charge in [-0.2, -0.15) is 0 Å². The van der Waals surface area contributed by atoms with Crippen molar-refractivity contribution in [1.82, 2.24) is 0 Å². The number of hydrogen-bond acceptors (Lipinski definition) is 3. The van der Waals surface area contributed by atoms with E-state index in [9.17, 15) is 9.18 Å². The minimum atomic E-state index is -0.409. The Labute approximate surface area is 110 Å².